The van der Waals surface area contributed by atoms with Gasteiger partial charge in [-0.1, -0.05) is 0 Å². The first-order valence-corrected chi connectivity index (χ1v) is 11.5. The van der Waals surface area contributed by atoms with Crippen molar-refractivity contribution in [2.75, 3.05) is 6.61 Å². The molecule has 1 nitrogen and oxygen atoms in total. The summed E-state index contributed by atoms with van der Waals surface area (Å²) in [7, 11) is 0. The molecule has 0 heterocycles. The van der Waals surface area contributed by atoms with Crippen LogP contribution in [0.2, 0.25) is 17.3 Å². The SMILES string of the molecule is C=CCO/C(Cl)=[CH]\[Ge]([CH3])([CH3])[CH3]. The summed E-state index contributed by atoms with van der Waals surface area (Å²) < 4.78 is 5.12. The van der Waals surface area contributed by atoms with E-state index in [-0.39, 0.29) is 0 Å². The normalized spacial score (nSPS) is 12.9. The van der Waals surface area contributed by atoms with Crippen molar-refractivity contribution in [3.8, 4) is 0 Å². The number of halogens is 1. The topological polar surface area (TPSA) is 9.23 Å². The summed E-state index contributed by atoms with van der Waals surface area (Å²) in [5, 5.41) is 0.525. The van der Waals surface area contributed by atoms with Crippen molar-refractivity contribution in [2.45, 2.75) is 17.3 Å². The van der Waals surface area contributed by atoms with Crippen LogP contribution in [-0.4, -0.2) is 19.9 Å². The minimum absolute atomic E-state index is 0.494. The fourth-order valence-corrected chi connectivity index (χ4v) is 3.89. The summed E-state index contributed by atoms with van der Waals surface area (Å²) in [6.45, 7) is 4.03. The van der Waals surface area contributed by atoms with Gasteiger partial charge in [0.15, 0.2) is 0 Å². The van der Waals surface area contributed by atoms with Gasteiger partial charge in [0.2, 0.25) is 0 Å². The molecule has 11 heavy (non-hydrogen) atoms. The van der Waals surface area contributed by atoms with Crippen molar-refractivity contribution in [3.05, 3.63) is 22.8 Å². The van der Waals surface area contributed by atoms with Gasteiger partial charge in [-0.15, -0.1) is 0 Å². The molecule has 0 aliphatic rings. The Bertz CT molecular complexity index is 158. The zero-order valence-electron chi connectivity index (χ0n) is 7.36. The van der Waals surface area contributed by atoms with Gasteiger partial charge >= 0.3 is 76.3 Å². The van der Waals surface area contributed by atoms with Crippen molar-refractivity contribution in [1.82, 2.24) is 0 Å². The van der Waals surface area contributed by atoms with Gasteiger partial charge in [0.25, 0.3) is 0 Å². The van der Waals surface area contributed by atoms with Gasteiger partial charge in [-0.05, 0) is 0 Å². The Hall–Kier alpha value is 0.113. The van der Waals surface area contributed by atoms with E-state index in [1.165, 1.54) is 0 Å². The van der Waals surface area contributed by atoms with Gasteiger partial charge in [0, 0.05) is 0 Å². The Balaban J connectivity index is 3.90. The third-order valence-electron chi connectivity index (χ3n) is 0.886. The zero-order valence-corrected chi connectivity index (χ0v) is 10.2. The van der Waals surface area contributed by atoms with Crippen LogP contribution < -0.4 is 0 Å². The molecule has 0 N–H and O–H groups in total. The molecule has 0 fully saturated rings. The predicted octanol–water partition coefficient (Wildman–Crippen LogP) is 3.15. The van der Waals surface area contributed by atoms with Crippen LogP contribution in [-0.2, 0) is 4.74 Å². The molecule has 0 amide bonds. The second-order valence-corrected chi connectivity index (χ2v) is 14.3. The third-order valence-corrected chi connectivity index (χ3v) is 3.85. The summed E-state index contributed by atoms with van der Waals surface area (Å²) in [5.74, 6) is 6.75. The number of ether oxygens (including phenoxy) is 1. The van der Waals surface area contributed by atoms with E-state index in [9.17, 15) is 0 Å². The van der Waals surface area contributed by atoms with Crippen molar-refractivity contribution in [3.63, 3.8) is 0 Å². The second kappa shape index (κ2) is 4.88. The summed E-state index contributed by atoms with van der Waals surface area (Å²) in [5.41, 5.74) is 0. The van der Waals surface area contributed by atoms with Crippen LogP contribution in [0.5, 0.6) is 0 Å². The van der Waals surface area contributed by atoms with Crippen molar-refractivity contribution in [2.24, 2.45) is 0 Å². The maximum absolute atomic E-state index is 5.78. The average Bonchev–Trinajstić information content (AvgIpc) is 1.79. The van der Waals surface area contributed by atoms with E-state index in [4.69, 9.17) is 16.3 Å². The molecule has 0 atom stereocenters. The summed E-state index contributed by atoms with van der Waals surface area (Å²) in [6.07, 6.45) is 1.69. The first-order chi connectivity index (χ1) is 4.95. The molecular weight excluding hydrogens is 220 g/mol. The molecule has 3 heteroatoms. The first kappa shape index (κ1) is 11.1. The standard InChI is InChI=1S/C8H15ClGeO/c1-5-6-11-8(9)7-10(2,3)4/h5,7H,1,6H2,2-4H3/b8-7-. The molecule has 0 aromatic heterocycles. The van der Waals surface area contributed by atoms with Crippen LogP contribution in [0.1, 0.15) is 0 Å². The van der Waals surface area contributed by atoms with Gasteiger partial charge in [-0.3, -0.25) is 0 Å². The molecule has 0 bridgehead atoms. The zero-order chi connectivity index (χ0) is 8.91. The van der Waals surface area contributed by atoms with E-state index >= 15 is 0 Å². The van der Waals surface area contributed by atoms with Crippen molar-refractivity contribution < 1.29 is 4.74 Å². The maximum atomic E-state index is 5.78. The van der Waals surface area contributed by atoms with E-state index < -0.39 is 13.3 Å². The summed E-state index contributed by atoms with van der Waals surface area (Å²) in [4.78, 5) is 2.06. The molecule has 0 spiro atoms. The molecule has 0 aromatic carbocycles. The van der Waals surface area contributed by atoms with Crippen LogP contribution in [0.15, 0.2) is 22.8 Å². The average molecular weight is 235 g/mol. The van der Waals surface area contributed by atoms with Crippen molar-refractivity contribution in [1.29, 1.82) is 0 Å². The van der Waals surface area contributed by atoms with Gasteiger partial charge < -0.3 is 0 Å². The predicted molar refractivity (Wildman–Crippen MR) is 53.4 cm³/mol. The van der Waals surface area contributed by atoms with E-state index in [2.05, 4.69) is 28.8 Å². The summed E-state index contributed by atoms with van der Waals surface area (Å²) >= 11 is 4.11. The minimum atomic E-state index is -1.68. The Morgan fingerprint density at radius 1 is 1.55 bits per heavy atom. The monoisotopic (exact) mass is 236 g/mol. The van der Waals surface area contributed by atoms with E-state index in [0.717, 1.165) is 0 Å². The molecule has 0 aliphatic heterocycles. The Morgan fingerprint density at radius 3 is 2.45 bits per heavy atom. The van der Waals surface area contributed by atoms with Crippen LogP contribution in [0, 0.1) is 0 Å². The molecule has 0 unspecified atom stereocenters. The number of hydrogen-bond donors (Lipinski definition) is 0. The van der Waals surface area contributed by atoms with Gasteiger partial charge in [0.05, 0.1) is 0 Å². The van der Waals surface area contributed by atoms with Gasteiger partial charge in [0.1, 0.15) is 0 Å². The molecule has 0 aromatic rings. The van der Waals surface area contributed by atoms with E-state index in [1.54, 1.807) is 6.08 Å². The van der Waals surface area contributed by atoms with Crippen LogP contribution in [0.25, 0.3) is 0 Å². The Labute approximate surface area is 76.4 Å². The first-order valence-electron chi connectivity index (χ1n) is 3.58. The van der Waals surface area contributed by atoms with Crippen LogP contribution in [0.4, 0.5) is 0 Å². The molecular formula is C8H15ClGeO. The molecule has 0 saturated heterocycles. The molecule has 0 aliphatic carbocycles. The molecule has 64 valence electrons. The molecule has 0 saturated carbocycles. The van der Waals surface area contributed by atoms with Crippen molar-refractivity contribution >= 4 is 24.9 Å². The quantitative estimate of drug-likeness (QED) is 0.413. The third kappa shape index (κ3) is 8.02. The van der Waals surface area contributed by atoms with E-state index in [1.807, 2.05) is 0 Å². The number of rotatable bonds is 4. The second-order valence-electron chi connectivity index (χ2n) is 3.41. The Morgan fingerprint density at radius 2 is 2.09 bits per heavy atom. The molecule has 0 rings (SSSR count). The van der Waals surface area contributed by atoms with E-state index in [0.29, 0.717) is 11.8 Å². The van der Waals surface area contributed by atoms with Gasteiger partial charge in [-0.25, -0.2) is 0 Å². The Kier molecular flexibility index (Phi) is 4.93. The molecule has 0 radical (unpaired) electrons. The van der Waals surface area contributed by atoms with Crippen LogP contribution in [0.3, 0.4) is 0 Å². The van der Waals surface area contributed by atoms with Crippen LogP contribution >= 0.6 is 11.6 Å². The fraction of sp³-hybridized carbons (Fsp3) is 0.500. The summed E-state index contributed by atoms with van der Waals surface area (Å²) in [6, 6.07) is 0. The van der Waals surface area contributed by atoms with Gasteiger partial charge in [-0.2, -0.15) is 0 Å². The fourth-order valence-electron chi connectivity index (χ4n) is 0.521. The number of hydrogen-bond acceptors (Lipinski definition) is 1.